The zero-order valence-corrected chi connectivity index (χ0v) is 19.4. The van der Waals surface area contributed by atoms with Crippen molar-refractivity contribution in [3.8, 4) is 5.75 Å². The Labute approximate surface area is 202 Å². The Balaban J connectivity index is 1.28. The lowest BCUT2D eigenvalue weighted by Crippen LogP contribution is -2.32. The van der Waals surface area contributed by atoms with Crippen LogP contribution in [0.5, 0.6) is 5.75 Å². The highest BCUT2D eigenvalue weighted by molar-refractivity contribution is 5.98. The lowest BCUT2D eigenvalue weighted by atomic mass is 10.0. The number of nitrogens with zero attached hydrogens (tertiary/aromatic N) is 3. The molecule has 3 aromatic rings. The van der Waals surface area contributed by atoms with Gasteiger partial charge in [0.15, 0.2) is 12.3 Å². The number of benzene rings is 1. The highest BCUT2D eigenvalue weighted by Crippen LogP contribution is 2.28. The van der Waals surface area contributed by atoms with Gasteiger partial charge in [0.05, 0.1) is 11.9 Å². The van der Waals surface area contributed by atoms with Crippen molar-refractivity contribution in [1.29, 1.82) is 0 Å². The maximum atomic E-state index is 13.0. The first-order chi connectivity index (χ1) is 17.1. The molecule has 35 heavy (non-hydrogen) atoms. The number of carbonyl (C=O) groups excluding carboxylic acids is 3. The molecule has 0 atom stereocenters. The number of aromatic nitrogens is 3. The summed E-state index contributed by atoms with van der Waals surface area (Å²) < 4.78 is 6.81. The summed E-state index contributed by atoms with van der Waals surface area (Å²) in [6.07, 6.45) is 8.72. The second kappa shape index (κ2) is 10.1. The number of nitrogens with one attached hydrogen (secondary N) is 3. The van der Waals surface area contributed by atoms with Crippen LogP contribution in [0.25, 0.3) is 5.65 Å². The van der Waals surface area contributed by atoms with Crippen LogP contribution in [0.1, 0.15) is 65.1 Å². The second-order valence-corrected chi connectivity index (χ2v) is 9.05. The summed E-state index contributed by atoms with van der Waals surface area (Å²) in [4.78, 5) is 41.9. The van der Waals surface area contributed by atoms with E-state index in [4.69, 9.17) is 4.74 Å². The van der Waals surface area contributed by atoms with Gasteiger partial charge in [-0.2, -0.15) is 5.10 Å². The van der Waals surface area contributed by atoms with Crippen LogP contribution >= 0.6 is 0 Å². The summed E-state index contributed by atoms with van der Waals surface area (Å²) in [5.74, 6) is 0.161. The number of hydrogen-bond donors (Lipinski definition) is 3. The number of ether oxygens (including phenoxy) is 1. The Morgan fingerprint density at radius 1 is 1.06 bits per heavy atom. The van der Waals surface area contributed by atoms with Crippen molar-refractivity contribution in [1.82, 2.24) is 25.2 Å². The smallest absolute Gasteiger partial charge is 0.270 e. The summed E-state index contributed by atoms with van der Waals surface area (Å²) in [5.41, 5.74) is 2.18. The number of hydrogen-bond acceptors (Lipinski definition) is 6. The molecule has 0 spiro atoms. The van der Waals surface area contributed by atoms with Gasteiger partial charge in [-0.3, -0.25) is 14.4 Å². The minimum atomic E-state index is -0.412. The van der Waals surface area contributed by atoms with Crippen molar-refractivity contribution in [3.05, 3.63) is 53.5 Å². The number of carbonyl (C=O) groups is 3. The van der Waals surface area contributed by atoms with Crippen molar-refractivity contribution >= 4 is 29.1 Å². The molecule has 1 aliphatic carbocycles. The topological polar surface area (TPSA) is 127 Å². The molecule has 3 amide bonds. The van der Waals surface area contributed by atoms with Crippen LogP contribution in [-0.2, 0) is 11.3 Å². The predicted molar refractivity (Wildman–Crippen MR) is 128 cm³/mol. The first-order valence-corrected chi connectivity index (χ1v) is 12.0. The molecule has 0 bridgehead atoms. The average molecular weight is 477 g/mol. The molecule has 3 heterocycles. The summed E-state index contributed by atoms with van der Waals surface area (Å²) in [7, 11) is 0. The van der Waals surface area contributed by atoms with E-state index in [1.54, 1.807) is 24.4 Å². The monoisotopic (exact) mass is 476 g/mol. The molecule has 5 rings (SSSR count). The van der Waals surface area contributed by atoms with Crippen molar-refractivity contribution in [2.24, 2.45) is 5.92 Å². The Bertz CT molecular complexity index is 1260. The van der Waals surface area contributed by atoms with Gasteiger partial charge in [-0.25, -0.2) is 9.50 Å². The molecular formula is C25H28N6O4. The zero-order valence-electron chi connectivity index (χ0n) is 19.4. The van der Waals surface area contributed by atoms with Crippen LogP contribution in [0.15, 0.2) is 36.5 Å². The van der Waals surface area contributed by atoms with Gasteiger partial charge in [0, 0.05) is 25.2 Å². The fourth-order valence-corrected chi connectivity index (χ4v) is 4.60. The van der Waals surface area contributed by atoms with E-state index < -0.39 is 5.91 Å². The van der Waals surface area contributed by atoms with Gasteiger partial charge in [-0.15, -0.1) is 0 Å². The second-order valence-electron chi connectivity index (χ2n) is 9.05. The Hall–Kier alpha value is -3.95. The molecule has 10 heteroatoms. The molecule has 1 aromatic carbocycles. The quantitative estimate of drug-likeness (QED) is 0.470. The fraction of sp³-hybridized carbons (Fsp3) is 0.400. The van der Waals surface area contributed by atoms with Crippen LogP contribution in [0, 0.1) is 5.92 Å². The van der Waals surface area contributed by atoms with Gasteiger partial charge < -0.3 is 20.7 Å². The van der Waals surface area contributed by atoms with Gasteiger partial charge in [-0.05, 0) is 36.5 Å². The molecule has 1 fully saturated rings. The highest BCUT2D eigenvalue weighted by Gasteiger charge is 2.20. The molecule has 0 radical (unpaired) electrons. The summed E-state index contributed by atoms with van der Waals surface area (Å²) in [6.45, 7) is 0.823. The molecule has 2 aliphatic rings. The highest BCUT2D eigenvalue weighted by atomic mass is 16.5. The van der Waals surface area contributed by atoms with Crippen molar-refractivity contribution in [2.45, 2.75) is 45.1 Å². The Morgan fingerprint density at radius 3 is 2.71 bits per heavy atom. The standard InChI is InChI=1S/C25H28N6O4/c32-23-15-35-21-8-7-17(11-18(21)30-23)14-26-24(33)19-12-20(31-22(29-19)9-10-28-31)25(34)27-13-16-5-3-1-2-4-6-16/h7-12,16H,1-6,13-15H2,(H,26,33)(H,27,34)(H,30,32). The van der Waals surface area contributed by atoms with E-state index in [0.29, 0.717) is 29.5 Å². The molecule has 3 N–H and O–H groups in total. The molecular weight excluding hydrogens is 448 g/mol. The summed E-state index contributed by atoms with van der Waals surface area (Å²) in [6, 6.07) is 8.45. The molecule has 2 aromatic heterocycles. The van der Waals surface area contributed by atoms with Crippen molar-refractivity contribution in [3.63, 3.8) is 0 Å². The molecule has 1 aliphatic heterocycles. The largest absolute Gasteiger partial charge is 0.482 e. The number of rotatable bonds is 6. The van der Waals surface area contributed by atoms with Crippen LogP contribution in [0.3, 0.4) is 0 Å². The fourth-order valence-electron chi connectivity index (χ4n) is 4.60. The van der Waals surface area contributed by atoms with E-state index in [1.807, 2.05) is 6.07 Å². The maximum Gasteiger partial charge on any atom is 0.270 e. The normalized spacial score (nSPS) is 16.1. The van der Waals surface area contributed by atoms with Gasteiger partial charge in [0.2, 0.25) is 0 Å². The van der Waals surface area contributed by atoms with E-state index in [1.165, 1.54) is 36.3 Å². The van der Waals surface area contributed by atoms with E-state index in [0.717, 1.165) is 18.4 Å². The summed E-state index contributed by atoms with van der Waals surface area (Å²) >= 11 is 0. The van der Waals surface area contributed by atoms with Crippen molar-refractivity contribution in [2.75, 3.05) is 18.5 Å². The van der Waals surface area contributed by atoms with Gasteiger partial charge in [0.25, 0.3) is 17.7 Å². The third-order valence-electron chi connectivity index (χ3n) is 6.48. The molecule has 1 saturated carbocycles. The zero-order chi connectivity index (χ0) is 24.2. The number of anilines is 1. The maximum absolute atomic E-state index is 13.0. The van der Waals surface area contributed by atoms with Gasteiger partial charge >= 0.3 is 0 Å². The minimum absolute atomic E-state index is 0.0115. The number of fused-ring (bicyclic) bond motifs is 2. The first kappa shape index (κ1) is 22.8. The summed E-state index contributed by atoms with van der Waals surface area (Å²) in [5, 5.41) is 12.8. The van der Waals surface area contributed by atoms with Gasteiger partial charge in [-0.1, -0.05) is 31.7 Å². The third-order valence-corrected chi connectivity index (χ3v) is 6.48. The van der Waals surface area contributed by atoms with Gasteiger partial charge in [0.1, 0.15) is 17.1 Å². The van der Waals surface area contributed by atoms with Crippen LogP contribution in [-0.4, -0.2) is 45.5 Å². The van der Waals surface area contributed by atoms with Crippen LogP contribution in [0.4, 0.5) is 5.69 Å². The molecule has 0 saturated heterocycles. The minimum Gasteiger partial charge on any atom is -0.482 e. The van der Waals surface area contributed by atoms with Crippen LogP contribution in [0.2, 0.25) is 0 Å². The van der Waals surface area contributed by atoms with E-state index in [-0.39, 0.29) is 36.4 Å². The SMILES string of the molecule is O=C1COc2ccc(CNC(=O)c3cc(C(=O)NCC4CCCCCC4)n4nccc4n3)cc2N1. The Morgan fingerprint density at radius 2 is 1.89 bits per heavy atom. The molecule has 10 nitrogen and oxygen atoms in total. The van der Waals surface area contributed by atoms with Crippen molar-refractivity contribution < 1.29 is 19.1 Å². The Kier molecular flexibility index (Phi) is 6.60. The van der Waals surface area contributed by atoms with Crippen LogP contribution < -0.4 is 20.7 Å². The van der Waals surface area contributed by atoms with E-state index in [9.17, 15) is 14.4 Å². The lowest BCUT2D eigenvalue weighted by molar-refractivity contribution is -0.118. The first-order valence-electron chi connectivity index (χ1n) is 12.0. The lowest BCUT2D eigenvalue weighted by Gasteiger charge is -2.18. The van der Waals surface area contributed by atoms with E-state index >= 15 is 0 Å². The molecule has 182 valence electrons. The average Bonchev–Trinajstić information content (AvgIpc) is 3.19. The molecule has 0 unspecified atom stereocenters. The third kappa shape index (κ3) is 5.26. The predicted octanol–water partition coefficient (Wildman–Crippen LogP) is 2.69. The number of amides is 3. The van der Waals surface area contributed by atoms with E-state index in [2.05, 4.69) is 26.0 Å².